The molecular formula is C18H16FN5O3. The van der Waals surface area contributed by atoms with Gasteiger partial charge in [0.05, 0.1) is 17.9 Å². The van der Waals surface area contributed by atoms with Gasteiger partial charge < -0.3 is 14.9 Å². The van der Waals surface area contributed by atoms with Gasteiger partial charge in [0.1, 0.15) is 11.4 Å². The lowest BCUT2D eigenvalue weighted by Gasteiger charge is -2.36. The summed E-state index contributed by atoms with van der Waals surface area (Å²) in [5, 5.41) is 9.07. The molecule has 0 atom stereocenters. The van der Waals surface area contributed by atoms with Gasteiger partial charge in [-0.1, -0.05) is 4.48 Å². The van der Waals surface area contributed by atoms with Crippen molar-refractivity contribution in [2.24, 2.45) is 0 Å². The van der Waals surface area contributed by atoms with Gasteiger partial charge in [0, 0.05) is 49.6 Å². The van der Waals surface area contributed by atoms with E-state index in [0.29, 0.717) is 19.3 Å². The van der Waals surface area contributed by atoms with E-state index in [-0.39, 0.29) is 15.7 Å². The monoisotopic (exact) mass is 369 g/mol. The summed E-state index contributed by atoms with van der Waals surface area (Å²) in [5.74, 6) is -0.632. The Kier molecular flexibility index (Phi) is 4.19. The number of fused-ring (bicyclic) bond motifs is 1. The predicted molar refractivity (Wildman–Crippen MR) is 98.1 cm³/mol. The summed E-state index contributed by atoms with van der Waals surface area (Å²) in [7, 11) is 0. The molecule has 9 heteroatoms. The topological polar surface area (TPSA) is 91.6 Å². The van der Waals surface area contributed by atoms with Crippen LogP contribution in [-0.2, 0) is 0 Å². The van der Waals surface area contributed by atoms with E-state index in [4.69, 9.17) is 5.11 Å². The number of pyridine rings is 1. The molecule has 4 rings (SSSR count). The number of rotatable bonds is 3. The van der Waals surface area contributed by atoms with Crippen molar-refractivity contribution in [1.29, 1.82) is 0 Å². The Morgan fingerprint density at radius 3 is 2.52 bits per heavy atom. The second-order valence-electron chi connectivity index (χ2n) is 6.23. The fraction of sp³-hybridized carbons (Fsp3) is 0.222. The molecule has 0 aliphatic carbocycles. The minimum atomic E-state index is -1.45. The second kappa shape index (κ2) is 6.67. The zero-order chi connectivity index (χ0) is 19.0. The number of carbonyl (C=O) groups is 1. The normalized spacial score (nSPS) is 14.6. The van der Waals surface area contributed by atoms with Gasteiger partial charge in [-0.2, -0.15) is 4.79 Å². The molecule has 8 nitrogen and oxygen atoms in total. The van der Waals surface area contributed by atoms with Crippen molar-refractivity contribution in [3.63, 3.8) is 0 Å². The number of halogens is 1. The van der Waals surface area contributed by atoms with Gasteiger partial charge in [0.2, 0.25) is 5.43 Å². The third-order valence-corrected chi connectivity index (χ3v) is 4.69. The Morgan fingerprint density at radius 2 is 1.85 bits per heavy atom. The maximum absolute atomic E-state index is 14.3. The maximum atomic E-state index is 14.3. The smallest absolute Gasteiger partial charge is 0.341 e. The molecule has 0 amide bonds. The van der Waals surface area contributed by atoms with Crippen molar-refractivity contribution in [2.75, 3.05) is 36.0 Å². The summed E-state index contributed by atoms with van der Waals surface area (Å²) >= 11 is 0. The van der Waals surface area contributed by atoms with Gasteiger partial charge in [-0.25, -0.2) is 9.78 Å². The Morgan fingerprint density at radius 1 is 1.11 bits per heavy atom. The van der Waals surface area contributed by atoms with Crippen LogP contribution in [0.5, 0.6) is 0 Å². The third kappa shape index (κ3) is 3.07. The zero-order valence-electron chi connectivity index (χ0n) is 14.2. The predicted octanol–water partition coefficient (Wildman–Crippen LogP) is 1.55. The van der Waals surface area contributed by atoms with Gasteiger partial charge >= 0.3 is 5.97 Å². The van der Waals surface area contributed by atoms with E-state index in [1.807, 2.05) is 0 Å². The van der Waals surface area contributed by atoms with Crippen LogP contribution in [0.25, 0.3) is 10.9 Å². The first-order chi connectivity index (χ1) is 13.0. The van der Waals surface area contributed by atoms with Gasteiger partial charge in [-0.15, -0.1) is 0 Å². The van der Waals surface area contributed by atoms with Gasteiger partial charge in [-0.05, 0) is 18.2 Å². The van der Waals surface area contributed by atoms with Crippen molar-refractivity contribution < 1.29 is 14.4 Å². The average Bonchev–Trinajstić information content (AvgIpc) is 2.71. The maximum Gasteiger partial charge on any atom is 0.341 e. The minimum Gasteiger partial charge on any atom is -0.477 e. The van der Waals surface area contributed by atoms with Crippen LogP contribution in [0.2, 0.25) is 0 Å². The first-order valence-electron chi connectivity index (χ1n) is 8.39. The number of benzene rings is 1. The fourth-order valence-corrected chi connectivity index (χ4v) is 3.27. The van der Waals surface area contributed by atoms with Crippen molar-refractivity contribution in [2.45, 2.75) is 0 Å². The first kappa shape index (κ1) is 17.0. The van der Waals surface area contributed by atoms with Crippen LogP contribution in [0.1, 0.15) is 10.4 Å². The van der Waals surface area contributed by atoms with Crippen LogP contribution in [0.4, 0.5) is 16.0 Å². The molecule has 0 radical (unpaired) electrons. The highest BCUT2D eigenvalue weighted by molar-refractivity contribution is 5.93. The molecule has 0 unspecified atom stereocenters. The number of piperazine rings is 1. The SMILES string of the molecule is O=C(O)c1cn(F)c2cc(N3CCN(c4cnccn4)CC3)ccc2c1=O. The average molecular weight is 369 g/mol. The van der Waals surface area contributed by atoms with Crippen molar-refractivity contribution >= 4 is 28.4 Å². The third-order valence-electron chi connectivity index (χ3n) is 4.69. The molecule has 27 heavy (non-hydrogen) atoms. The van der Waals surface area contributed by atoms with E-state index in [2.05, 4.69) is 19.8 Å². The number of anilines is 2. The lowest BCUT2D eigenvalue weighted by Crippen LogP contribution is -2.46. The zero-order valence-corrected chi connectivity index (χ0v) is 14.2. The summed E-state index contributed by atoms with van der Waals surface area (Å²) in [6, 6.07) is 4.76. The van der Waals surface area contributed by atoms with Crippen molar-refractivity contribution in [1.82, 2.24) is 14.8 Å². The molecule has 2 aromatic heterocycles. The van der Waals surface area contributed by atoms with E-state index in [1.54, 1.807) is 30.7 Å². The summed E-state index contributed by atoms with van der Waals surface area (Å²) < 4.78 is 14.3. The molecule has 3 aromatic rings. The van der Waals surface area contributed by atoms with Crippen molar-refractivity contribution in [3.8, 4) is 0 Å². The van der Waals surface area contributed by atoms with Crippen LogP contribution in [-0.4, -0.2) is 52.0 Å². The van der Waals surface area contributed by atoms with Gasteiger partial charge in [0.25, 0.3) is 0 Å². The minimum absolute atomic E-state index is 0.0411. The molecule has 1 fully saturated rings. The van der Waals surface area contributed by atoms with Crippen LogP contribution in [0.3, 0.4) is 0 Å². The highest BCUT2D eigenvalue weighted by Crippen LogP contribution is 2.23. The first-order valence-corrected chi connectivity index (χ1v) is 8.39. The molecule has 0 saturated carbocycles. The Labute approximate surface area is 153 Å². The number of hydrogen-bond donors (Lipinski definition) is 1. The molecule has 1 N–H and O–H groups in total. The number of aromatic nitrogens is 3. The van der Waals surface area contributed by atoms with Crippen LogP contribution >= 0.6 is 0 Å². The van der Waals surface area contributed by atoms with E-state index < -0.39 is 17.0 Å². The highest BCUT2D eigenvalue weighted by Gasteiger charge is 2.20. The van der Waals surface area contributed by atoms with Crippen LogP contribution in [0, 0.1) is 0 Å². The molecule has 1 aliphatic rings. The number of hydrogen-bond acceptors (Lipinski definition) is 6. The number of carboxylic acids is 1. The lowest BCUT2D eigenvalue weighted by molar-refractivity contribution is 0.0693. The molecule has 3 heterocycles. The molecule has 1 aliphatic heterocycles. The molecule has 138 valence electrons. The summed E-state index contributed by atoms with van der Waals surface area (Å²) in [6.07, 6.45) is 5.70. The largest absolute Gasteiger partial charge is 0.477 e. The van der Waals surface area contributed by atoms with Gasteiger partial charge in [-0.3, -0.25) is 9.78 Å². The number of carboxylic acid groups (broad SMARTS) is 1. The Balaban J connectivity index is 1.60. The molecule has 0 bridgehead atoms. The van der Waals surface area contributed by atoms with Crippen LogP contribution < -0.4 is 15.2 Å². The molecule has 1 aromatic carbocycles. The van der Waals surface area contributed by atoms with E-state index in [0.717, 1.165) is 24.6 Å². The van der Waals surface area contributed by atoms with Crippen molar-refractivity contribution in [3.05, 3.63) is 58.8 Å². The molecule has 0 spiro atoms. The van der Waals surface area contributed by atoms with E-state index in [1.165, 1.54) is 6.07 Å². The fourth-order valence-electron chi connectivity index (χ4n) is 3.27. The summed E-state index contributed by atoms with van der Waals surface area (Å²) in [6.45, 7) is 2.87. The molecular weight excluding hydrogens is 353 g/mol. The number of nitrogens with zero attached hydrogens (tertiary/aromatic N) is 5. The number of aromatic carboxylic acids is 1. The van der Waals surface area contributed by atoms with E-state index >= 15 is 0 Å². The Hall–Kier alpha value is -3.49. The standard InChI is InChI=1S/C18H16FN5O3/c19-24-11-14(18(26)27)17(25)13-2-1-12(9-15(13)24)22-5-7-23(8-6-22)16-10-20-3-4-21-16/h1-4,9-11H,5-8H2,(H,26,27). The summed E-state index contributed by atoms with van der Waals surface area (Å²) in [4.78, 5) is 36.1. The van der Waals surface area contributed by atoms with Gasteiger partial charge in [0.15, 0.2) is 0 Å². The lowest BCUT2D eigenvalue weighted by atomic mass is 10.1. The highest BCUT2D eigenvalue weighted by atomic mass is 19.2. The Bertz CT molecular complexity index is 1060. The summed E-state index contributed by atoms with van der Waals surface area (Å²) in [5.41, 5.74) is -0.449. The molecule has 1 saturated heterocycles. The second-order valence-corrected chi connectivity index (χ2v) is 6.23. The van der Waals surface area contributed by atoms with Crippen LogP contribution in [0.15, 0.2) is 47.8 Å². The quantitative estimate of drug-likeness (QED) is 0.749. The van der Waals surface area contributed by atoms with E-state index in [9.17, 15) is 14.1 Å².